The number of halogens is 2. The van der Waals surface area contributed by atoms with E-state index in [1.54, 1.807) is 12.1 Å². The van der Waals surface area contributed by atoms with Crippen molar-refractivity contribution in [3.63, 3.8) is 0 Å². The van der Waals surface area contributed by atoms with E-state index in [0.29, 0.717) is 33.3 Å². The highest BCUT2D eigenvalue weighted by Gasteiger charge is 2.20. The highest BCUT2D eigenvalue weighted by molar-refractivity contribution is 7.98. The number of rotatable bonds is 5. The van der Waals surface area contributed by atoms with Crippen LogP contribution in [-0.2, 0) is 12.3 Å². The third-order valence-corrected chi connectivity index (χ3v) is 6.56. The van der Waals surface area contributed by atoms with Gasteiger partial charge in [-0.05, 0) is 47.5 Å². The van der Waals surface area contributed by atoms with Crippen LogP contribution < -0.4 is 15.0 Å². The van der Waals surface area contributed by atoms with Crippen molar-refractivity contribution < 1.29 is 22.7 Å². The van der Waals surface area contributed by atoms with Gasteiger partial charge in [-0.3, -0.25) is 9.36 Å². The third-order valence-electron chi connectivity index (χ3n) is 5.51. The molecule has 0 atom stereocenters. The van der Waals surface area contributed by atoms with E-state index in [0.717, 1.165) is 17.0 Å². The maximum Gasteiger partial charge on any atom is 0.298 e. The number of nitrogens with zero attached hydrogens (tertiary/aromatic N) is 2. The summed E-state index contributed by atoms with van der Waals surface area (Å²) in [6, 6.07) is 16.1. The van der Waals surface area contributed by atoms with Crippen LogP contribution in [0.15, 0.2) is 75.0 Å². The minimum atomic E-state index is -0.655. The van der Waals surface area contributed by atoms with Crippen molar-refractivity contribution in [2.24, 2.45) is 0 Å². The lowest BCUT2D eigenvalue weighted by Crippen LogP contribution is -2.23. The Balaban J connectivity index is 1.46. The van der Waals surface area contributed by atoms with Gasteiger partial charge >= 0.3 is 0 Å². The number of thioether (sulfide) groups is 1. The van der Waals surface area contributed by atoms with Gasteiger partial charge in [0.15, 0.2) is 16.7 Å². The molecule has 0 amide bonds. The van der Waals surface area contributed by atoms with Crippen molar-refractivity contribution in [2.45, 2.75) is 17.5 Å². The van der Waals surface area contributed by atoms with Crippen LogP contribution in [0.5, 0.6) is 11.5 Å². The Morgan fingerprint density at radius 3 is 2.59 bits per heavy atom. The summed E-state index contributed by atoms with van der Waals surface area (Å²) in [7, 11) is 0. The van der Waals surface area contributed by atoms with Crippen molar-refractivity contribution in [3.05, 3.63) is 93.8 Å². The summed E-state index contributed by atoms with van der Waals surface area (Å²) in [5.41, 5.74) is 2.09. The first-order valence-corrected chi connectivity index (χ1v) is 11.4. The average Bonchev–Trinajstić information content (AvgIpc) is 3.43. The molecule has 0 radical (unpaired) electrons. The van der Waals surface area contributed by atoms with Crippen molar-refractivity contribution >= 4 is 33.8 Å². The van der Waals surface area contributed by atoms with Gasteiger partial charge in [0.25, 0.3) is 5.56 Å². The lowest BCUT2D eigenvalue weighted by Gasteiger charge is -2.12. The first kappa shape index (κ1) is 20.7. The van der Waals surface area contributed by atoms with Gasteiger partial charge in [0.05, 0.1) is 6.54 Å². The zero-order valence-corrected chi connectivity index (χ0v) is 18.4. The lowest BCUT2D eigenvalue weighted by molar-refractivity contribution is 0.174. The number of fused-ring (bicyclic) bond motifs is 4. The Labute approximate surface area is 195 Å². The van der Waals surface area contributed by atoms with E-state index in [1.165, 1.54) is 28.5 Å². The Bertz CT molecular complexity index is 1610. The summed E-state index contributed by atoms with van der Waals surface area (Å²) < 4.78 is 45.5. The number of hydrogen-bond acceptors (Lipinski definition) is 6. The van der Waals surface area contributed by atoms with Crippen LogP contribution in [0.25, 0.3) is 22.1 Å². The maximum absolute atomic E-state index is 13.7. The number of ether oxygens (including phenoxy) is 2. The molecule has 1 aliphatic heterocycles. The Kier molecular flexibility index (Phi) is 4.99. The summed E-state index contributed by atoms with van der Waals surface area (Å²) >= 11 is 1.22. The van der Waals surface area contributed by atoms with Crippen LogP contribution in [0.4, 0.5) is 8.78 Å². The summed E-state index contributed by atoms with van der Waals surface area (Å²) in [5, 5.41) is 1.13. The summed E-state index contributed by atoms with van der Waals surface area (Å²) in [6.45, 7) is 0.353. The van der Waals surface area contributed by atoms with Crippen LogP contribution in [0.1, 0.15) is 11.1 Å². The largest absolute Gasteiger partial charge is 0.454 e. The van der Waals surface area contributed by atoms with Crippen molar-refractivity contribution in [3.8, 4) is 11.5 Å². The van der Waals surface area contributed by atoms with E-state index in [-0.39, 0.29) is 30.2 Å². The summed E-state index contributed by atoms with van der Waals surface area (Å²) in [5.74, 6) is 0.163. The Hall–Kier alpha value is -3.85. The van der Waals surface area contributed by atoms with Gasteiger partial charge in [0.2, 0.25) is 12.4 Å². The van der Waals surface area contributed by atoms with Crippen molar-refractivity contribution in [2.75, 3.05) is 6.79 Å². The molecular weight excluding hydrogens is 462 g/mol. The van der Waals surface area contributed by atoms with Crippen molar-refractivity contribution in [1.29, 1.82) is 0 Å². The molecular formula is C25H16F2N2O4S. The molecule has 0 aliphatic carbocycles. The molecule has 3 heterocycles. The fraction of sp³-hybridized carbons (Fsp3) is 0.120. The number of hydrogen-bond donors (Lipinski definition) is 0. The highest BCUT2D eigenvalue weighted by Crippen LogP contribution is 2.33. The van der Waals surface area contributed by atoms with Crippen LogP contribution in [0.3, 0.4) is 0 Å². The van der Waals surface area contributed by atoms with E-state index in [2.05, 4.69) is 0 Å². The van der Waals surface area contributed by atoms with Gasteiger partial charge in [-0.1, -0.05) is 30.0 Å². The summed E-state index contributed by atoms with van der Waals surface area (Å²) in [4.78, 5) is 18.3. The van der Waals surface area contributed by atoms with Crippen molar-refractivity contribution in [1.82, 2.24) is 9.55 Å². The molecule has 0 N–H and O–H groups in total. The number of aromatic nitrogens is 2. The van der Waals surface area contributed by atoms with Gasteiger partial charge < -0.3 is 13.9 Å². The average molecular weight is 478 g/mol. The quantitative estimate of drug-likeness (QED) is 0.246. The smallest absolute Gasteiger partial charge is 0.298 e. The molecule has 1 aliphatic rings. The molecule has 170 valence electrons. The minimum absolute atomic E-state index is 0.149. The minimum Gasteiger partial charge on any atom is -0.454 e. The zero-order chi connectivity index (χ0) is 23.2. The van der Waals surface area contributed by atoms with Gasteiger partial charge in [0, 0.05) is 17.2 Å². The predicted molar refractivity (Wildman–Crippen MR) is 123 cm³/mol. The van der Waals surface area contributed by atoms with E-state index < -0.39 is 11.6 Å². The number of para-hydroxylation sites is 1. The van der Waals surface area contributed by atoms with Crippen LogP contribution in [-0.4, -0.2) is 16.3 Å². The number of furan rings is 1. The Morgan fingerprint density at radius 1 is 0.941 bits per heavy atom. The molecule has 6 rings (SSSR count). The van der Waals surface area contributed by atoms with Crippen LogP contribution in [0.2, 0.25) is 0 Å². The molecule has 34 heavy (non-hydrogen) atoms. The molecule has 9 heteroatoms. The third kappa shape index (κ3) is 3.67. The lowest BCUT2D eigenvalue weighted by atomic mass is 10.2. The second kappa shape index (κ2) is 8.18. The second-order valence-corrected chi connectivity index (χ2v) is 8.76. The van der Waals surface area contributed by atoms with E-state index >= 15 is 0 Å². The van der Waals surface area contributed by atoms with Gasteiger partial charge in [-0.2, -0.15) is 0 Å². The molecule has 5 aromatic rings. The molecule has 0 unspecified atom stereocenters. The second-order valence-electron chi connectivity index (χ2n) is 7.82. The molecule has 0 bridgehead atoms. The first-order valence-electron chi connectivity index (χ1n) is 10.4. The van der Waals surface area contributed by atoms with Gasteiger partial charge in [0.1, 0.15) is 22.7 Å². The Morgan fingerprint density at radius 2 is 1.74 bits per heavy atom. The van der Waals surface area contributed by atoms with E-state index in [9.17, 15) is 13.6 Å². The molecule has 2 aromatic heterocycles. The van der Waals surface area contributed by atoms with Gasteiger partial charge in [-0.25, -0.2) is 13.8 Å². The topological polar surface area (TPSA) is 66.5 Å². The fourth-order valence-electron chi connectivity index (χ4n) is 3.97. The normalized spacial score (nSPS) is 12.6. The standard InChI is InChI=1S/C25H16F2N2O4S/c26-16-7-15(8-17(27)10-16)12-34-25-28-22-18-3-1-2-4-19(18)33-23(22)24(30)29(25)11-14-5-6-20-21(9-14)32-13-31-20/h1-10H,11-13H2. The zero-order valence-electron chi connectivity index (χ0n) is 17.6. The molecule has 0 saturated carbocycles. The molecule has 3 aromatic carbocycles. The van der Waals surface area contributed by atoms with E-state index in [1.807, 2.05) is 30.3 Å². The van der Waals surface area contributed by atoms with Gasteiger partial charge in [-0.15, -0.1) is 0 Å². The highest BCUT2D eigenvalue weighted by atomic mass is 32.2. The monoisotopic (exact) mass is 478 g/mol. The molecule has 0 saturated heterocycles. The fourth-order valence-corrected chi connectivity index (χ4v) is 4.89. The molecule has 0 fully saturated rings. The molecule has 0 spiro atoms. The maximum atomic E-state index is 13.7. The SMILES string of the molecule is O=c1c2oc3ccccc3c2nc(SCc2cc(F)cc(F)c2)n1Cc1ccc2c(c1)OCO2. The number of benzene rings is 3. The first-order chi connectivity index (χ1) is 16.5. The summed E-state index contributed by atoms with van der Waals surface area (Å²) in [6.07, 6.45) is 0. The van der Waals surface area contributed by atoms with E-state index in [4.69, 9.17) is 18.9 Å². The predicted octanol–water partition coefficient (Wildman–Crippen LogP) is 5.49. The van der Waals surface area contributed by atoms with Crippen LogP contribution >= 0.6 is 11.8 Å². The molecule has 6 nitrogen and oxygen atoms in total. The van der Waals surface area contributed by atoms with Crippen LogP contribution in [0, 0.1) is 11.6 Å².